The molecule has 1 N–H and O–H groups in total. The standard InChI is InChI=1S/C17H17FN2O4/c1-24-17(23)13-4-7-16(22)20(10-13)11-15(21)19-9-8-12-2-5-14(18)6-3-12/h2-7,10H,8-9,11H2,1H3,(H,19,21). The predicted molar refractivity (Wildman–Crippen MR) is 85.2 cm³/mol. The number of amides is 1. The summed E-state index contributed by atoms with van der Waals surface area (Å²) in [5.41, 5.74) is 0.689. The number of hydrogen-bond donors (Lipinski definition) is 1. The van der Waals surface area contributed by atoms with Gasteiger partial charge in [0.15, 0.2) is 0 Å². The van der Waals surface area contributed by atoms with Crippen LogP contribution in [0, 0.1) is 5.82 Å². The van der Waals surface area contributed by atoms with Crippen LogP contribution in [0.4, 0.5) is 4.39 Å². The highest BCUT2D eigenvalue weighted by Gasteiger charge is 2.09. The molecular weight excluding hydrogens is 315 g/mol. The molecule has 0 atom stereocenters. The lowest BCUT2D eigenvalue weighted by Gasteiger charge is -2.08. The fourth-order valence-corrected chi connectivity index (χ4v) is 2.10. The largest absolute Gasteiger partial charge is 0.465 e. The van der Waals surface area contributed by atoms with Crippen molar-refractivity contribution in [3.8, 4) is 0 Å². The van der Waals surface area contributed by atoms with E-state index >= 15 is 0 Å². The molecule has 0 bridgehead atoms. The highest BCUT2D eigenvalue weighted by molar-refractivity contribution is 5.88. The average molecular weight is 332 g/mol. The topological polar surface area (TPSA) is 77.4 Å². The van der Waals surface area contributed by atoms with E-state index in [9.17, 15) is 18.8 Å². The van der Waals surface area contributed by atoms with Gasteiger partial charge in [-0.3, -0.25) is 9.59 Å². The van der Waals surface area contributed by atoms with Crippen molar-refractivity contribution in [2.45, 2.75) is 13.0 Å². The third-order valence-corrected chi connectivity index (χ3v) is 3.37. The third-order valence-electron chi connectivity index (χ3n) is 3.37. The Bertz CT molecular complexity index is 784. The quantitative estimate of drug-likeness (QED) is 0.805. The summed E-state index contributed by atoms with van der Waals surface area (Å²) in [4.78, 5) is 35.1. The minimum absolute atomic E-state index is 0.191. The van der Waals surface area contributed by atoms with Gasteiger partial charge in [-0.2, -0.15) is 0 Å². The van der Waals surface area contributed by atoms with E-state index in [0.29, 0.717) is 13.0 Å². The number of carbonyl (C=O) groups excluding carboxylic acids is 2. The van der Waals surface area contributed by atoms with Gasteiger partial charge in [-0.15, -0.1) is 0 Å². The van der Waals surface area contributed by atoms with Crippen LogP contribution in [0.15, 0.2) is 47.4 Å². The Hall–Kier alpha value is -2.96. The monoisotopic (exact) mass is 332 g/mol. The molecule has 1 amide bonds. The van der Waals surface area contributed by atoms with Crippen LogP contribution in [0.2, 0.25) is 0 Å². The van der Waals surface area contributed by atoms with Crippen LogP contribution in [0.3, 0.4) is 0 Å². The molecule has 0 unspecified atom stereocenters. The highest BCUT2D eigenvalue weighted by Crippen LogP contribution is 2.03. The summed E-state index contributed by atoms with van der Waals surface area (Å²) in [6.45, 7) is 0.156. The number of carbonyl (C=O) groups is 2. The van der Waals surface area contributed by atoms with Crippen LogP contribution in [-0.4, -0.2) is 30.1 Å². The number of aromatic nitrogens is 1. The van der Waals surface area contributed by atoms with Gasteiger partial charge < -0.3 is 14.6 Å². The number of hydrogen-bond acceptors (Lipinski definition) is 4. The Morgan fingerprint density at radius 2 is 1.88 bits per heavy atom. The van der Waals surface area contributed by atoms with Gasteiger partial charge >= 0.3 is 5.97 Å². The number of ether oxygens (including phenoxy) is 1. The molecule has 0 fully saturated rings. The second-order valence-electron chi connectivity index (χ2n) is 5.10. The van der Waals surface area contributed by atoms with Crippen LogP contribution in [-0.2, 0) is 22.5 Å². The van der Waals surface area contributed by atoms with E-state index in [1.807, 2.05) is 0 Å². The lowest BCUT2D eigenvalue weighted by molar-refractivity contribution is -0.121. The Kier molecular flexibility index (Phi) is 5.83. The molecule has 0 aliphatic carbocycles. The minimum Gasteiger partial charge on any atom is -0.465 e. The van der Waals surface area contributed by atoms with E-state index in [4.69, 9.17) is 0 Å². The fourth-order valence-electron chi connectivity index (χ4n) is 2.10. The van der Waals surface area contributed by atoms with Crippen molar-refractivity contribution >= 4 is 11.9 Å². The summed E-state index contributed by atoms with van der Waals surface area (Å²) in [6, 6.07) is 8.55. The first-order chi connectivity index (χ1) is 11.5. The van der Waals surface area contributed by atoms with Gasteiger partial charge in [0.25, 0.3) is 5.56 Å². The molecule has 24 heavy (non-hydrogen) atoms. The van der Waals surface area contributed by atoms with Crippen LogP contribution in [0.1, 0.15) is 15.9 Å². The van der Waals surface area contributed by atoms with Crippen molar-refractivity contribution in [2.24, 2.45) is 0 Å². The van der Waals surface area contributed by atoms with Gasteiger partial charge in [-0.05, 0) is 30.2 Å². The van der Waals surface area contributed by atoms with Gasteiger partial charge in [0.2, 0.25) is 5.91 Å². The lowest BCUT2D eigenvalue weighted by atomic mass is 10.1. The van der Waals surface area contributed by atoms with Gasteiger partial charge in [-0.25, -0.2) is 9.18 Å². The van der Waals surface area contributed by atoms with E-state index in [1.165, 1.54) is 37.6 Å². The number of benzene rings is 1. The van der Waals surface area contributed by atoms with Crippen molar-refractivity contribution < 1.29 is 18.7 Å². The maximum absolute atomic E-state index is 12.8. The SMILES string of the molecule is COC(=O)c1ccc(=O)n(CC(=O)NCCc2ccc(F)cc2)c1. The molecule has 0 radical (unpaired) electrons. The normalized spacial score (nSPS) is 10.2. The van der Waals surface area contributed by atoms with Crippen molar-refractivity contribution in [2.75, 3.05) is 13.7 Å². The number of rotatable bonds is 6. The number of nitrogens with zero attached hydrogens (tertiary/aromatic N) is 1. The van der Waals surface area contributed by atoms with Crippen LogP contribution >= 0.6 is 0 Å². The van der Waals surface area contributed by atoms with E-state index < -0.39 is 11.5 Å². The van der Waals surface area contributed by atoms with E-state index in [0.717, 1.165) is 10.1 Å². The summed E-state index contributed by atoms with van der Waals surface area (Å²) in [5.74, 6) is -1.26. The molecule has 0 spiro atoms. The molecule has 1 aromatic heterocycles. The lowest BCUT2D eigenvalue weighted by Crippen LogP contribution is -2.33. The Morgan fingerprint density at radius 1 is 1.17 bits per heavy atom. The summed E-state index contributed by atoms with van der Waals surface area (Å²) in [5, 5.41) is 2.68. The molecular formula is C17H17FN2O4. The van der Waals surface area contributed by atoms with Gasteiger partial charge in [0, 0.05) is 18.8 Å². The molecule has 0 saturated carbocycles. The minimum atomic E-state index is -0.583. The molecule has 0 aliphatic heterocycles. The molecule has 0 aliphatic rings. The Balaban J connectivity index is 1.91. The van der Waals surface area contributed by atoms with Crippen molar-refractivity contribution in [3.63, 3.8) is 0 Å². The molecule has 7 heteroatoms. The van der Waals surface area contributed by atoms with E-state index in [-0.39, 0.29) is 23.8 Å². The smallest absolute Gasteiger partial charge is 0.339 e. The summed E-state index contributed by atoms with van der Waals surface area (Å²) >= 11 is 0. The van der Waals surface area contributed by atoms with Crippen LogP contribution in [0.25, 0.3) is 0 Å². The van der Waals surface area contributed by atoms with E-state index in [1.54, 1.807) is 12.1 Å². The maximum Gasteiger partial charge on any atom is 0.339 e. The number of esters is 1. The van der Waals surface area contributed by atoms with Gasteiger partial charge in [0.1, 0.15) is 12.4 Å². The zero-order chi connectivity index (χ0) is 17.5. The van der Waals surface area contributed by atoms with Crippen molar-refractivity contribution in [1.82, 2.24) is 9.88 Å². The molecule has 0 saturated heterocycles. The number of pyridine rings is 1. The number of nitrogens with one attached hydrogen (secondary N) is 1. The molecule has 2 rings (SSSR count). The first-order valence-corrected chi connectivity index (χ1v) is 7.29. The zero-order valence-electron chi connectivity index (χ0n) is 13.1. The molecule has 126 valence electrons. The first-order valence-electron chi connectivity index (χ1n) is 7.29. The van der Waals surface area contributed by atoms with Crippen molar-refractivity contribution in [3.05, 3.63) is 69.9 Å². The number of halogens is 1. The second kappa shape index (κ2) is 8.05. The molecule has 6 nitrogen and oxygen atoms in total. The highest BCUT2D eigenvalue weighted by atomic mass is 19.1. The average Bonchev–Trinajstić information content (AvgIpc) is 2.58. The number of methoxy groups -OCH3 is 1. The summed E-state index contributed by atoms with van der Waals surface area (Å²) in [6.07, 6.45) is 1.83. The van der Waals surface area contributed by atoms with Crippen LogP contribution < -0.4 is 10.9 Å². The maximum atomic E-state index is 12.8. The summed E-state index contributed by atoms with van der Waals surface area (Å²) < 4.78 is 18.5. The summed E-state index contributed by atoms with van der Waals surface area (Å²) in [7, 11) is 1.24. The van der Waals surface area contributed by atoms with Crippen LogP contribution in [0.5, 0.6) is 0 Å². The molecule has 2 aromatic rings. The van der Waals surface area contributed by atoms with Gasteiger partial charge in [-0.1, -0.05) is 12.1 Å². The third kappa shape index (κ3) is 4.77. The Labute approximate surface area is 137 Å². The fraction of sp³-hybridized carbons (Fsp3) is 0.235. The zero-order valence-corrected chi connectivity index (χ0v) is 13.1. The van der Waals surface area contributed by atoms with E-state index in [2.05, 4.69) is 10.1 Å². The first kappa shape index (κ1) is 17.4. The van der Waals surface area contributed by atoms with Crippen molar-refractivity contribution in [1.29, 1.82) is 0 Å². The van der Waals surface area contributed by atoms with Gasteiger partial charge in [0.05, 0.1) is 12.7 Å². The molecule has 1 heterocycles. The molecule has 1 aromatic carbocycles. The predicted octanol–water partition coefficient (Wildman–Crippen LogP) is 1.13. The second-order valence-corrected chi connectivity index (χ2v) is 5.10. The Morgan fingerprint density at radius 3 is 2.54 bits per heavy atom.